The summed E-state index contributed by atoms with van der Waals surface area (Å²) >= 11 is 0. The van der Waals surface area contributed by atoms with Gasteiger partial charge >= 0.3 is 5.97 Å². The van der Waals surface area contributed by atoms with Crippen LogP contribution >= 0.6 is 0 Å². The van der Waals surface area contributed by atoms with Gasteiger partial charge in [-0.3, -0.25) is 0 Å². The number of fused-ring (bicyclic) bond motifs is 1. The van der Waals surface area contributed by atoms with Crippen LogP contribution in [0.15, 0.2) is 42.5 Å². The van der Waals surface area contributed by atoms with Gasteiger partial charge in [0.25, 0.3) is 0 Å². The summed E-state index contributed by atoms with van der Waals surface area (Å²) in [4.78, 5) is 12.9. The zero-order valence-corrected chi connectivity index (χ0v) is 16.3. The number of hydrogen-bond acceptors (Lipinski definition) is 3. The van der Waals surface area contributed by atoms with Crippen LogP contribution in [-0.2, 0) is 14.3 Å². The highest BCUT2D eigenvalue weighted by atomic mass is 16.6. The standard InChI is InChI=1S/C23H30O3/c1-15(2)20-12-9-16(3)13-21(20)26-23(24)22(25-4)19-11-10-17-7-5-6-8-18(17)14-19/h5-8,10-11,14-16,20-22H,9,12-13H2,1-4H3/t16-,20+,21-,22?/m1/s1. The molecule has 0 spiro atoms. The minimum absolute atomic E-state index is 0.00986. The quantitative estimate of drug-likeness (QED) is 0.662. The number of esters is 1. The Kier molecular flexibility index (Phi) is 5.98. The summed E-state index contributed by atoms with van der Waals surface area (Å²) in [6, 6.07) is 14.1. The van der Waals surface area contributed by atoms with E-state index >= 15 is 0 Å². The zero-order chi connectivity index (χ0) is 18.7. The van der Waals surface area contributed by atoms with Crippen LogP contribution in [0, 0.1) is 17.8 Å². The van der Waals surface area contributed by atoms with E-state index in [9.17, 15) is 4.79 Å². The minimum atomic E-state index is -0.676. The SMILES string of the molecule is COC(C(=O)O[C@@H]1C[C@H](C)CC[C@H]1C(C)C)c1ccc2ccccc2c1. The lowest BCUT2D eigenvalue weighted by Gasteiger charge is -2.37. The van der Waals surface area contributed by atoms with Gasteiger partial charge in [-0.25, -0.2) is 4.79 Å². The lowest BCUT2D eigenvalue weighted by molar-refractivity contribution is -0.168. The molecule has 0 heterocycles. The van der Waals surface area contributed by atoms with Gasteiger partial charge in [0.05, 0.1) is 0 Å². The number of ether oxygens (including phenoxy) is 2. The van der Waals surface area contributed by atoms with Gasteiger partial charge in [0.2, 0.25) is 0 Å². The molecule has 140 valence electrons. The molecule has 3 nitrogen and oxygen atoms in total. The van der Waals surface area contributed by atoms with Crippen molar-refractivity contribution in [3.63, 3.8) is 0 Å². The second-order valence-electron chi connectivity index (χ2n) is 8.02. The molecule has 0 amide bonds. The summed E-state index contributed by atoms with van der Waals surface area (Å²) in [5.41, 5.74) is 0.848. The Morgan fingerprint density at radius 2 is 1.81 bits per heavy atom. The number of methoxy groups -OCH3 is 1. The Hall–Kier alpha value is -1.87. The summed E-state index contributed by atoms with van der Waals surface area (Å²) in [6.07, 6.45) is 2.61. The lowest BCUT2D eigenvalue weighted by atomic mass is 9.75. The molecule has 0 N–H and O–H groups in total. The first-order valence-electron chi connectivity index (χ1n) is 9.71. The Labute approximate surface area is 156 Å². The lowest BCUT2D eigenvalue weighted by Crippen LogP contribution is -2.37. The van der Waals surface area contributed by atoms with E-state index < -0.39 is 6.10 Å². The minimum Gasteiger partial charge on any atom is -0.460 e. The van der Waals surface area contributed by atoms with Crippen LogP contribution in [-0.4, -0.2) is 19.2 Å². The Morgan fingerprint density at radius 1 is 1.08 bits per heavy atom. The third-order valence-corrected chi connectivity index (χ3v) is 5.75. The summed E-state index contributed by atoms with van der Waals surface area (Å²) in [5, 5.41) is 2.26. The van der Waals surface area contributed by atoms with Gasteiger partial charge in [0, 0.05) is 7.11 Å². The highest BCUT2D eigenvalue weighted by Gasteiger charge is 2.35. The molecule has 1 fully saturated rings. The van der Waals surface area contributed by atoms with Crippen molar-refractivity contribution < 1.29 is 14.3 Å². The molecule has 0 radical (unpaired) electrons. The van der Waals surface area contributed by atoms with Crippen LogP contribution in [0.5, 0.6) is 0 Å². The smallest absolute Gasteiger partial charge is 0.340 e. The number of carbonyl (C=O) groups is 1. The maximum absolute atomic E-state index is 12.9. The molecule has 2 aromatic rings. The van der Waals surface area contributed by atoms with Crippen molar-refractivity contribution in [3.05, 3.63) is 48.0 Å². The highest BCUT2D eigenvalue weighted by Crippen LogP contribution is 2.36. The van der Waals surface area contributed by atoms with E-state index in [2.05, 4.69) is 32.9 Å². The Morgan fingerprint density at radius 3 is 2.50 bits per heavy atom. The van der Waals surface area contributed by atoms with Gasteiger partial charge in [-0.05, 0) is 53.0 Å². The van der Waals surface area contributed by atoms with E-state index in [1.165, 1.54) is 6.42 Å². The van der Waals surface area contributed by atoms with Gasteiger partial charge in [0.1, 0.15) is 6.10 Å². The average molecular weight is 354 g/mol. The molecule has 1 aliphatic rings. The molecule has 3 rings (SSSR count). The maximum Gasteiger partial charge on any atom is 0.340 e. The van der Waals surface area contributed by atoms with Crippen molar-refractivity contribution in [2.75, 3.05) is 7.11 Å². The number of rotatable bonds is 5. The largest absolute Gasteiger partial charge is 0.460 e. The first kappa shape index (κ1) is 18.9. The van der Waals surface area contributed by atoms with Crippen molar-refractivity contribution in [3.8, 4) is 0 Å². The Balaban J connectivity index is 1.78. The maximum atomic E-state index is 12.9. The molecule has 0 bridgehead atoms. The van der Waals surface area contributed by atoms with Crippen molar-refractivity contribution >= 4 is 16.7 Å². The van der Waals surface area contributed by atoms with Gasteiger partial charge in [-0.15, -0.1) is 0 Å². The van der Waals surface area contributed by atoms with Gasteiger partial charge in [-0.2, -0.15) is 0 Å². The number of benzene rings is 2. The predicted octanol–water partition coefficient (Wildman–Crippen LogP) is 5.53. The van der Waals surface area contributed by atoms with Crippen LogP contribution in [0.25, 0.3) is 10.8 Å². The fourth-order valence-electron chi connectivity index (χ4n) is 4.20. The first-order chi connectivity index (χ1) is 12.5. The number of hydrogen-bond donors (Lipinski definition) is 0. The van der Waals surface area contributed by atoms with E-state index in [0.717, 1.165) is 29.2 Å². The molecule has 1 saturated carbocycles. The van der Waals surface area contributed by atoms with Crippen LogP contribution < -0.4 is 0 Å². The fraction of sp³-hybridized carbons (Fsp3) is 0.522. The molecule has 0 aromatic heterocycles. The molecule has 3 heteroatoms. The highest BCUT2D eigenvalue weighted by molar-refractivity contribution is 5.85. The van der Waals surface area contributed by atoms with E-state index in [1.807, 2.05) is 30.3 Å². The molecule has 0 aliphatic heterocycles. The van der Waals surface area contributed by atoms with Crippen LogP contribution in [0.1, 0.15) is 51.7 Å². The third kappa shape index (κ3) is 4.09. The predicted molar refractivity (Wildman–Crippen MR) is 105 cm³/mol. The van der Waals surface area contributed by atoms with E-state index in [4.69, 9.17) is 9.47 Å². The second-order valence-corrected chi connectivity index (χ2v) is 8.02. The summed E-state index contributed by atoms with van der Waals surface area (Å²) in [6.45, 7) is 6.69. The van der Waals surface area contributed by atoms with E-state index in [0.29, 0.717) is 17.8 Å². The van der Waals surface area contributed by atoms with Gasteiger partial charge in [0.15, 0.2) is 6.10 Å². The van der Waals surface area contributed by atoms with Crippen LogP contribution in [0.3, 0.4) is 0 Å². The van der Waals surface area contributed by atoms with Gasteiger partial charge < -0.3 is 9.47 Å². The van der Waals surface area contributed by atoms with Crippen molar-refractivity contribution in [1.29, 1.82) is 0 Å². The molecule has 1 unspecified atom stereocenters. The van der Waals surface area contributed by atoms with Crippen LogP contribution in [0.4, 0.5) is 0 Å². The summed E-state index contributed by atoms with van der Waals surface area (Å²) in [5.74, 6) is 1.28. The van der Waals surface area contributed by atoms with E-state index in [-0.39, 0.29) is 12.1 Å². The fourth-order valence-corrected chi connectivity index (χ4v) is 4.20. The molecular formula is C23H30O3. The zero-order valence-electron chi connectivity index (χ0n) is 16.3. The summed E-state index contributed by atoms with van der Waals surface area (Å²) in [7, 11) is 1.57. The monoisotopic (exact) mass is 354 g/mol. The molecule has 2 aromatic carbocycles. The summed E-state index contributed by atoms with van der Waals surface area (Å²) < 4.78 is 11.5. The normalized spacial score (nSPS) is 24.6. The number of carbonyl (C=O) groups excluding carboxylic acids is 1. The van der Waals surface area contributed by atoms with Crippen molar-refractivity contribution in [1.82, 2.24) is 0 Å². The van der Waals surface area contributed by atoms with E-state index in [1.54, 1.807) is 7.11 Å². The second kappa shape index (κ2) is 8.22. The first-order valence-corrected chi connectivity index (χ1v) is 9.71. The molecule has 0 saturated heterocycles. The van der Waals surface area contributed by atoms with Gasteiger partial charge in [-0.1, -0.05) is 63.6 Å². The molecule has 1 aliphatic carbocycles. The van der Waals surface area contributed by atoms with Crippen LogP contribution in [0.2, 0.25) is 0 Å². The third-order valence-electron chi connectivity index (χ3n) is 5.75. The Bertz CT molecular complexity index is 752. The molecule has 4 atom stereocenters. The van der Waals surface area contributed by atoms with Crippen molar-refractivity contribution in [2.24, 2.45) is 17.8 Å². The topological polar surface area (TPSA) is 35.5 Å². The molecular weight excluding hydrogens is 324 g/mol. The average Bonchev–Trinajstić information content (AvgIpc) is 2.62. The van der Waals surface area contributed by atoms with Crippen molar-refractivity contribution in [2.45, 2.75) is 52.2 Å². The molecule has 26 heavy (non-hydrogen) atoms.